The second-order valence-electron chi connectivity index (χ2n) is 3.94. The molecule has 1 aromatic carbocycles. The molecule has 2 rings (SSSR count). The van der Waals surface area contributed by atoms with Crippen molar-refractivity contribution in [2.24, 2.45) is 21.8 Å². The molecule has 0 fully saturated rings. The molecule has 0 radical (unpaired) electrons. The van der Waals surface area contributed by atoms with Gasteiger partial charge in [-0.25, -0.2) is 10.2 Å². The monoisotopic (exact) mass is 289 g/mol. The van der Waals surface area contributed by atoms with Crippen LogP contribution in [0, 0.1) is 0 Å². The summed E-state index contributed by atoms with van der Waals surface area (Å²) >= 11 is 0. The highest BCUT2D eigenvalue weighted by Gasteiger charge is 2.27. The minimum Gasteiger partial charge on any atom is -0.462 e. The average molecular weight is 289 g/mol. The van der Waals surface area contributed by atoms with E-state index in [1.165, 1.54) is 0 Å². The van der Waals surface area contributed by atoms with E-state index >= 15 is 0 Å². The third kappa shape index (κ3) is 3.11. The number of nitrogens with zero attached hydrogens (tertiary/aromatic N) is 2. The van der Waals surface area contributed by atoms with Crippen molar-refractivity contribution in [3.63, 3.8) is 0 Å². The Morgan fingerprint density at radius 3 is 2.76 bits per heavy atom. The smallest absolute Gasteiger partial charge is 0.347 e. The summed E-state index contributed by atoms with van der Waals surface area (Å²) in [6, 6.07) is 9.17. The van der Waals surface area contributed by atoms with Gasteiger partial charge in [-0.1, -0.05) is 18.2 Å². The number of benzene rings is 1. The Bertz CT molecular complexity index is 622. The van der Waals surface area contributed by atoms with Crippen LogP contribution in [0.25, 0.3) is 0 Å². The van der Waals surface area contributed by atoms with E-state index in [-0.39, 0.29) is 23.9 Å². The quantitative estimate of drug-likeness (QED) is 0.179. The van der Waals surface area contributed by atoms with Gasteiger partial charge in [-0.2, -0.15) is 5.10 Å². The number of rotatable bonds is 4. The van der Waals surface area contributed by atoms with Gasteiger partial charge in [0, 0.05) is 5.56 Å². The van der Waals surface area contributed by atoms with Gasteiger partial charge in [0.2, 0.25) is 11.8 Å². The molecule has 0 spiro atoms. The fourth-order valence-corrected chi connectivity index (χ4v) is 1.64. The Morgan fingerprint density at radius 2 is 2.14 bits per heavy atom. The molecule has 0 atom stereocenters. The third-order valence-electron chi connectivity index (χ3n) is 2.58. The number of carbonyl (C=O) groups is 1. The Kier molecular flexibility index (Phi) is 4.39. The molecule has 0 amide bonds. The van der Waals surface area contributed by atoms with Crippen LogP contribution >= 0.6 is 0 Å². The lowest BCUT2D eigenvalue weighted by Crippen LogP contribution is -2.28. The summed E-state index contributed by atoms with van der Waals surface area (Å²) in [6.07, 6.45) is 0. The number of hydrazone groups is 2. The van der Waals surface area contributed by atoms with Crippen molar-refractivity contribution in [1.82, 2.24) is 5.43 Å². The van der Waals surface area contributed by atoms with Gasteiger partial charge >= 0.3 is 5.97 Å². The van der Waals surface area contributed by atoms with Gasteiger partial charge in [-0.15, -0.1) is 5.10 Å². The first-order chi connectivity index (χ1) is 10.2. The highest BCUT2D eigenvalue weighted by atomic mass is 16.5. The molecule has 1 aliphatic rings. The molecule has 21 heavy (non-hydrogen) atoms. The van der Waals surface area contributed by atoms with Crippen LogP contribution in [0.2, 0.25) is 0 Å². The van der Waals surface area contributed by atoms with Crippen LogP contribution in [-0.4, -0.2) is 24.3 Å². The van der Waals surface area contributed by atoms with Crippen LogP contribution in [-0.2, 0) is 14.3 Å². The summed E-state index contributed by atoms with van der Waals surface area (Å²) in [4.78, 5) is 11.9. The average Bonchev–Trinajstić information content (AvgIpc) is 2.98. The zero-order valence-corrected chi connectivity index (χ0v) is 11.4. The van der Waals surface area contributed by atoms with E-state index in [2.05, 4.69) is 15.6 Å². The second-order valence-corrected chi connectivity index (χ2v) is 3.94. The van der Waals surface area contributed by atoms with Crippen LogP contribution < -0.4 is 17.0 Å². The summed E-state index contributed by atoms with van der Waals surface area (Å²) in [5.41, 5.74) is 8.84. The Morgan fingerprint density at radius 1 is 1.43 bits per heavy atom. The van der Waals surface area contributed by atoms with E-state index in [0.717, 1.165) is 5.56 Å². The molecule has 0 saturated heterocycles. The summed E-state index contributed by atoms with van der Waals surface area (Å²) in [6.45, 7) is 1.85. The van der Waals surface area contributed by atoms with Crippen LogP contribution in [0.15, 0.2) is 52.0 Å². The maximum atomic E-state index is 11.9. The molecular weight excluding hydrogens is 274 g/mol. The third-order valence-corrected chi connectivity index (χ3v) is 2.58. The Hall–Kier alpha value is -3.03. The van der Waals surface area contributed by atoms with Crippen LogP contribution in [0.4, 0.5) is 0 Å². The lowest BCUT2D eigenvalue weighted by atomic mass is 10.2. The van der Waals surface area contributed by atoms with E-state index in [1.807, 2.05) is 30.3 Å². The second kappa shape index (κ2) is 6.42. The summed E-state index contributed by atoms with van der Waals surface area (Å²) in [5.74, 6) is 4.54. The molecule has 8 nitrogen and oxygen atoms in total. The zero-order valence-electron chi connectivity index (χ0n) is 11.4. The zero-order chi connectivity index (χ0) is 15.2. The predicted octanol–water partition coefficient (Wildman–Crippen LogP) is -0.0264. The normalized spacial score (nSPS) is 16.6. The number of hydrogen-bond donors (Lipinski definition) is 3. The number of esters is 1. The molecule has 0 saturated carbocycles. The fourth-order valence-electron chi connectivity index (χ4n) is 1.64. The predicted molar refractivity (Wildman–Crippen MR) is 76.7 cm³/mol. The molecule has 1 heterocycles. The van der Waals surface area contributed by atoms with E-state index < -0.39 is 5.97 Å². The van der Waals surface area contributed by atoms with Gasteiger partial charge in [-0.05, 0) is 19.1 Å². The van der Waals surface area contributed by atoms with Crippen molar-refractivity contribution in [2.75, 3.05) is 6.61 Å². The largest absolute Gasteiger partial charge is 0.462 e. The summed E-state index contributed by atoms with van der Waals surface area (Å²) < 4.78 is 10.4. The summed E-state index contributed by atoms with van der Waals surface area (Å²) in [7, 11) is 0. The van der Waals surface area contributed by atoms with Crippen LogP contribution in [0.3, 0.4) is 0 Å². The van der Waals surface area contributed by atoms with E-state index in [0.29, 0.717) is 5.90 Å². The molecule has 1 aliphatic heterocycles. The first-order valence-electron chi connectivity index (χ1n) is 6.19. The van der Waals surface area contributed by atoms with Crippen LogP contribution in [0.5, 0.6) is 0 Å². The molecule has 0 unspecified atom stereocenters. The maximum absolute atomic E-state index is 11.9. The molecule has 1 aromatic rings. The minimum atomic E-state index is -0.698. The molecule has 5 N–H and O–H groups in total. The molecule has 0 bridgehead atoms. The fraction of sp³-hybridized carbons (Fsp3) is 0.154. The van der Waals surface area contributed by atoms with Gasteiger partial charge in [0.25, 0.3) is 0 Å². The maximum Gasteiger partial charge on any atom is 0.347 e. The highest BCUT2D eigenvalue weighted by molar-refractivity contribution is 6.18. The number of ether oxygens (including phenoxy) is 2. The van der Waals surface area contributed by atoms with Crippen molar-refractivity contribution in [3.05, 3.63) is 47.4 Å². The van der Waals surface area contributed by atoms with Crippen molar-refractivity contribution < 1.29 is 14.3 Å². The van der Waals surface area contributed by atoms with Crippen molar-refractivity contribution in [2.45, 2.75) is 6.92 Å². The lowest BCUT2D eigenvalue weighted by molar-refractivity contribution is -0.138. The minimum absolute atomic E-state index is 0.0269. The lowest BCUT2D eigenvalue weighted by Gasteiger charge is -2.08. The molecule has 0 aliphatic carbocycles. The molecule has 110 valence electrons. The Labute approximate surface area is 121 Å². The molecular formula is C13H15N5O3. The van der Waals surface area contributed by atoms with Crippen molar-refractivity contribution in [3.8, 4) is 0 Å². The number of nitrogens with one attached hydrogen (secondary N) is 1. The molecule has 0 aromatic heterocycles. The first-order valence-corrected chi connectivity index (χ1v) is 6.19. The first kappa shape index (κ1) is 14.4. The van der Waals surface area contributed by atoms with E-state index in [4.69, 9.17) is 21.1 Å². The van der Waals surface area contributed by atoms with Gasteiger partial charge in [0.05, 0.1) is 6.61 Å². The number of amidine groups is 1. The van der Waals surface area contributed by atoms with Gasteiger partial charge in [0.15, 0.2) is 11.4 Å². The van der Waals surface area contributed by atoms with Crippen molar-refractivity contribution in [1.29, 1.82) is 0 Å². The van der Waals surface area contributed by atoms with E-state index in [9.17, 15) is 4.79 Å². The van der Waals surface area contributed by atoms with Gasteiger partial charge in [-0.3, -0.25) is 0 Å². The Balaban J connectivity index is 2.29. The van der Waals surface area contributed by atoms with Gasteiger partial charge < -0.3 is 21.1 Å². The van der Waals surface area contributed by atoms with Gasteiger partial charge in [0.1, 0.15) is 0 Å². The SMILES string of the molecule is CCOC(=O)C(C(N)=NN)=C1NN=C(c2ccccc2)O1. The van der Waals surface area contributed by atoms with Crippen molar-refractivity contribution >= 4 is 17.7 Å². The number of carbonyl (C=O) groups excluding carboxylic acids is 1. The highest BCUT2D eigenvalue weighted by Crippen LogP contribution is 2.15. The number of nitrogens with two attached hydrogens (primary N) is 2. The topological polar surface area (TPSA) is 124 Å². The molecule has 8 heteroatoms. The standard InChI is InChI=1S/C13H15N5O3/c1-2-20-13(19)9(10(14)16-15)12-18-17-11(21-12)8-6-4-3-5-7-8/h3-7,18H,2,15H2,1H3,(H2,14,16). The van der Waals surface area contributed by atoms with Crippen LogP contribution in [0.1, 0.15) is 12.5 Å². The van der Waals surface area contributed by atoms with E-state index in [1.54, 1.807) is 6.92 Å². The number of hydrogen-bond acceptors (Lipinski definition) is 7. The summed E-state index contributed by atoms with van der Waals surface area (Å²) in [5, 5.41) is 7.29.